The quantitative estimate of drug-likeness (QED) is 0.661. The van der Waals surface area contributed by atoms with Crippen LogP contribution in [0, 0.1) is 19.7 Å². The van der Waals surface area contributed by atoms with Crippen molar-refractivity contribution in [2.24, 2.45) is 0 Å². The molecule has 0 aromatic heterocycles. The molecular formula is C22H25ClFNO4S. The Bertz CT molecular complexity index is 1030. The van der Waals surface area contributed by atoms with Crippen LogP contribution in [0.5, 0.6) is 5.75 Å². The number of sulfone groups is 1. The van der Waals surface area contributed by atoms with Crippen molar-refractivity contribution in [2.75, 3.05) is 11.5 Å². The maximum Gasteiger partial charge on any atom is 0.263 e. The largest absolute Gasteiger partial charge is 0.481 e. The first-order valence-electron chi connectivity index (χ1n) is 9.75. The Morgan fingerprint density at radius 3 is 2.47 bits per heavy atom. The SMILES string of the molecule is Cc1cc(OC(C)C(=O)N(Cc2ccccc2F)C2CCS(=O)(=O)C2)cc(C)c1Cl. The van der Waals surface area contributed by atoms with Crippen molar-refractivity contribution in [2.45, 2.75) is 45.9 Å². The molecule has 3 rings (SSSR count). The fraction of sp³-hybridized carbons (Fsp3) is 0.409. The third-order valence-corrected chi connectivity index (χ3v) is 7.65. The van der Waals surface area contributed by atoms with E-state index in [2.05, 4.69) is 0 Å². The molecule has 1 heterocycles. The van der Waals surface area contributed by atoms with Gasteiger partial charge in [-0.2, -0.15) is 0 Å². The highest BCUT2D eigenvalue weighted by atomic mass is 35.5. The number of hydrogen-bond donors (Lipinski definition) is 0. The van der Waals surface area contributed by atoms with Gasteiger partial charge in [0.2, 0.25) is 0 Å². The van der Waals surface area contributed by atoms with Gasteiger partial charge < -0.3 is 9.64 Å². The second kappa shape index (κ2) is 8.94. The van der Waals surface area contributed by atoms with Crippen molar-refractivity contribution in [3.8, 4) is 5.75 Å². The van der Waals surface area contributed by atoms with Crippen molar-refractivity contribution in [1.29, 1.82) is 0 Å². The molecule has 1 fully saturated rings. The van der Waals surface area contributed by atoms with E-state index in [0.29, 0.717) is 22.8 Å². The van der Waals surface area contributed by atoms with Crippen LogP contribution in [0.3, 0.4) is 0 Å². The summed E-state index contributed by atoms with van der Waals surface area (Å²) in [6.45, 7) is 5.29. The standard InChI is InChI=1S/C22H25ClFNO4S/c1-14-10-19(11-15(2)21(14)23)29-16(3)22(26)25(18-8-9-30(27,28)13-18)12-17-6-4-5-7-20(17)24/h4-7,10-11,16,18H,8-9,12-13H2,1-3H3. The van der Waals surface area contributed by atoms with Crippen molar-refractivity contribution < 1.29 is 22.3 Å². The minimum absolute atomic E-state index is 0.0158. The van der Waals surface area contributed by atoms with E-state index < -0.39 is 27.8 Å². The number of ether oxygens (including phenoxy) is 1. The molecule has 0 spiro atoms. The monoisotopic (exact) mass is 453 g/mol. The third kappa shape index (κ3) is 5.13. The number of amides is 1. The molecule has 2 atom stereocenters. The van der Waals surface area contributed by atoms with E-state index in [1.54, 1.807) is 37.3 Å². The molecule has 2 aromatic carbocycles. The Labute approximate surface area is 181 Å². The van der Waals surface area contributed by atoms with E-state index in [4.69, 9.17) is 16.3 Å². The molecule has 30 heavy (non-hydrogen) atoms. The Hall–Kier alpha value is -2.12. The maximum absolute atomic E-state index is 14.2. The van der Waals surface area contributed by atoms with E-state index in [1.165, 1.54) is 11.0 Å². The molecule has 0 bridgehead atoms. The molecule has 2 unspecified atom stereocenters. The summed E-state index contributed by atoms with van der Waals surface area (Å²) in [5, 5.41) is 0.638. The Morgan fingerprint density at radius 1 is 1.27 bits per heavy atom. The van der Waals surface area contributed by atoms with E-state index in [-0.39, 0.29) is 24.0 Å². The number of hydrogen-bond acceptors (Lipinski definition) is 4. The zero-order valence-corrected chi connectivity index (χ0v) is 18.8. The summed E-state index contributed by atoms with van der Waals surface area (Å²) in [6.07, 6.45) is -0.547. The van der Waals surface area contributed by atoms with E-state index in [0.717, 1.165) is 11.1 Å². The van der Waals surface area contributed by atoms with Crippen molar-refractivity contribution in [3.63, 3.8) is 0 Å². The van der Waals surface area contributed by atoms with Crippen molar-refractivity contribution in [1.82, 2.24) is 4.90 Å². The molecule has 5 nitrogen and oxygen atoms in total. The van der Waals surface area contributed by atoms with E-state index >= 15 is 0 Å². The lowest BCUT2D eigenvalue weighted by Gasteiger charge is -2.31. The molecular weight excluding hydrogens is 429 g/mol. The van der Waals surface area contributed by atoms with Gasteiger partial charge in [0.15, 0.2) is 15.9 Å². The second-order valence-electron chi connectivity index (χ2n) is 7.75. The number of benzene rings is 2. The number of carbonyl (C=O) groups excluding carboxylic acids is 1. The summed E-state index contributed by atoms with van der Waals surface area (Å²) in [7, 11) is -3.22. The summed E-state index contributed by atoms with van der Waals surface area (Å²) in [4.78, 5) is 14.7. The molecule has 0 N–H and O–H groups in total. The first-order chi connectivity index (χ1) is 14.1. The average Bonchev–Trinajstić information content (AvgIpc) is 3.04. The highest BCUT2D eigenvalue weighted by molar-refractivity contribution is 7.91. The van der Waals surface area contributed by atoms with E-state index in [9.17, 15) is 17.6 Å². The van der Waals surface area contributed by atoms with Gasteiger partial charge in [-0.3, -0.25) is 4.79 Å². The average molecular weight is 454 g/mol. The summed E-state index contributed by atoms with van der Waals surface area (Å²) < 4.78 is 44.1. The van der Waals surface area contributed by atoms with Gasteiger partial charge in [0.05, 0.1) is 11.5 Å². The Kier molecular flexibility index (Phi) is 6.72. The lowest BCUT2D eigenvalue weighted by atomic mass is 10.1. The van der Waals surface area contributed by atoms with Gasteiger partial charge in [-0.1, -0.05) is 29.8 Å². The van der Waals surface area contributed by atoms with Crippen LogP contribution in [0.15, 0.2) is 36.4 Å². The fourth-order valence-corrected chi connectivity index (χ4v) is 5.52. The van der Waals surface area contributed by atoms with Crippen LogP contribution >= 0.6 is 11.6 Å². The molecule has 1 aliphatic rings. The zero-order chi connectivity index (χ0) is 22.1. The zero-order valence-electron chi connectivity index (χ0n) is 17.2. The number of rotatable bonds is 6. The van der Waals surface area contributed by atoms with Crippen molar-refractivity contribution in [3.05, 3.63) is 63.9 Å². The molecule has 0 radical (unpaired) electrons. The van der Waals surface area contributed by atoms with Gasteiger partial charge in [-0.25, -0.2) is 12.8 Å². The van der Waals surface area contributed by atoms with Crippen LogP contribution < -0.4 is 4.74 Å². The van der Waals surface area contributed by atoms with Crippen LogP contribution in [0.25, 0.3) is 0 Å². The summed E-state index contributed by atoms with van der Waals surface area (Å²) in [5.41, 5.74) is 1.99. The van der Waals surface area contributed by atoms with Crippen LogP contribution in [0.1, 0.15) is 30.0 Å². The van der Waals surface area contributed by atoms with Crippen LogP contribution in [0.2, 0.25) is 5.02 Å². The van der Waals surface area contributed by atoms with Gasteiger partial charge in [-0.05, 0) is 56.5 Å². The molecule has 0 aliphatic carbocycles. The van der Waals surface area contributed by atoms with Crippen LogP contribution in [-0.4, -0.2) is 42.9 Å². The molecule has 8 heteroatoms. The molecule has 162 valence electrons. The van der Waals surface area contributed by atoms with Gasteiger partial charge >= 0.3 is 0 Å². The summed E-state index contributed by atoms with van der Waals surface area (Å²) in [6, 6.07) is 9.16. The minimum atomic E-state index is -3.22. The van der Waals surface area contributed by atoms with E-state index in [1.807, 2.05) is 13.8 Å². The number of halogens is 2. The summed E-state index contributed by atoms with van der Waals surface area (Å²) in [5.74, 6) is -0.429. The molecule has 0 saturated carbocycles. The van der Waals surface area contributed by atoms with Gasteiger partial charge in [0.25, 0.3) is 5.91 Å². The first-order valence-corrected chi connectivity index (χ1v) is 11.9. The normalized spacial score (nSPS) is 18.8. The topological polar surface area (TPSA) is 63.7 Å². The van der Waals surface area contributed by atoms with Gasteiger partial charge in [0, 0.05) is 23.2 Å². The lowest BCUT2D eigenvalue weighted by molar-refractivity contribution is -0.140. The number of nitrogens with zero attached hydrogens (tertiary/aromatic N) is 1. The van der Waals surface area contributed by atoms with Gasteiger partial charge in [-0.15, -0.1) is 0 Å². The number of carbonyl (C=O) groups is 1. The first kappa shape index (κ1) is 22.6. The predicted octanol–water partition coefficient (Wildman–Crippen LogP) is 4.08. The Balaban J connectivity index is 1.84. The highest BCUT2D eigenvalue weighted by Crippen LogP contribution is 2.28. The Morgan fingerprint density at radius 2 is 1.90 bits per heavy atom. The van der Waals surface area contributed by atoms with Crippen LogP contribution in [0.4, 0.5) is 4.39 Å². The molecule has 1 saturated heterocycles. The minimum Gasteiger partial charge on any atom is -0.481 e. The predicted molar refractivity (Wildman–Crippen MR) is 115 cm³/mol. The number of aryl methyl sites for hydroxylation is 2. The van der Waals surface area contributed by atoms with Crippen molar-refractivity contribution >= 4 is 27.3 Å². The molecule has 2 aromatic rings. The fourth-order valence-electron chi connectivity index (χ4n) is 3.68. The highest BCUT2D eigenvalue weighted by Gasteiger charge is 2.37. The second-order valence-corrected chi connectivity index (χ2v) is 10.4. The summed E-state index contributed by atoms with van der Waals surface area (Å²) >= 11 is 6.19. The lowest BCUT2D eigenvalue weighted by Crippen LogP contribution is -2.46. The third-order valence-electron chi connectivity index (χ3n) is 5.30. The smallest absolute Gasteiger partial charge is 0.263 e. The van der Waals surface area contributed by atoms with Crippen LogP contribution in [-0.2, 0) is 21.2 Å². The van der Waals surface area contributed by atoms with Gasteiger partial charge in [0.1, 0.15) is 11.6 Å². The maximum atomic E-state index is 14.2. The molecule has 1 amide bonds. The molecule has 1 aliphatic heterocycles.